The number of primary amides is 1. The second-order valence-corrected chi connectivity index (χ2v) is 6.13. The van der Waals surface area contributed by atoms with E-state index in [-0.39, 0.29) is 12.3 Å². The zero-order valence-electron chi connectivity index (χ0n) is 14.8. The molecule has 25 heavy (non-hydrogen) atoms. The summed E-state index contributed by atoms with van der Waals surface area (Å²) >= 11 is 0. The molecule has 0 saturated carbocycles. The van der Waals surface area contributed by atoms with Gasteiger partial charge in [-0.2, -0.15) is 0 Å². The van der Waals surface area contributed by atoms with Crippen LogP contribution in [-0.4, -0.2) is 25.6 Å². The van der Waals surface area contributed by atoms with Crippen molar-refractivity contribution < 1.29 is 9.53 Å². The Balaban J connectivity index is 1.94. The Morgan fingerprint density at radius 2 is 1.84 bits per heavy atom. The van der Waals surface area contributed by atoms with Crippen molar-refractivity contribution in [2.75, 3.05) is 25.0 Å². The second kappa shape index (κ2) is 9.69. The van der Waals surface area contributed by atoms with Gasteiger partial charge in [0, 0.05) is 13.1 Å². The van der Waals surface area contributed by atoms with Crippen molar-refractivity contribution in [2.45, 2.75) is 26.2 Å². The van der Waals surface area contributed by atoms with Crippen molar-refractivity contribution in [1.29, 1.82) is 0 Å². The molecule has 0 aromatic heterocycles. The molecule has 0 atom stereocenters. The SMILES string of the molecule is Cc1ccc(CCCNc2cc(CC(N)=O)ccc2OCCN)cc1. The molecular weight excluding hydrogens is 314 g/mol. The molecule has 0 saturated heterocycles. The molecule has 2 rings (SSSR count). The lowest BCUT2D eigenvalue weighted by Crippen LogP contribution is -2.15. The number of anilines is 1. The summed E-state index contributed by atoms with van der Waals surface area (Å²) in [5, 5.41) is 3.40. The first-order valence-corrected chi connectivity index (χ1v) is 8.62. The van der Waals surface area contributed by atoms with Gasteiger partial charge >= 0.3 is 0 Å². The summed E-state index contributed by atoms with van der Waals surface area (Å²) in [4.78, 5) is 11.1. The fraction of sp³-hybridized carbons (Fsp3) is 0.350. The quantitative estimate of drug-likeness (QED) is 0.579. The van der Waals surface area contributed by atoms with E-state index in [1.807, 2.05) is 18.2 Å². The third-order valence-electron chi connectivity index (χ3n) is 3.88. The number of benzene rings is 2. The molecule has 1 amide bonds. The Bertz CT molecular complexity index is 684. The van der Waals surface area contributed by atoms with Crippen molar-refractivity contribution in [1.82, 2.24) is 0 Å². The van der Waals surface area contributed by atoms with Gasteiger partial charge in [0.25, 0.3) is 0 Å². The highest BCUT2D eigenvalue weighted by Gasteiger charge is 2.07. The van der Waals surface area contributed by atoms with Crippen molar-refractivity contribution in [2.24, 2.45) is 11.5 Å². The molecule has 5 heteroatoms. The molecule has 0 aliphatic carbocycles. The highest BCUT2D eigenvalue weighted by Crippen LogP contribution is 2.26. The molecule has 2 aromatic carbocycles. The largest absolute Gasteiger partial charge is 0.490 e. The molecule has 2 aromatic rings. The Labute approximate surface area is 149 Å². The third-order valence-corrected chi connectivity index (χ3v) is 3.88. The highest BCUT2D eigenvalue weighted by atomic mass is 16.5. The van der Waals surface area contributed by atoms with E-state index in [0.29, 0.717) is 13.2 Å². The van der Waals surface area contributed by atoms with Gasteiger partial charge in [0.15, 0.2) is 0 Å². The standard InChI is InChI=1S/C20H27N3O2/c1-15-4-6-16(7-5-15)3-2-11-23-18-13-17(14-20(22)24)8-9-19(18)25-12-10-21/h4-9,13,23H,2-3,10-12,14,21H2,1H3,(H2,22,24). The first-order valence-electron chi connectivity index (χ1n) is 8.62. The minimum atomic E-state index is -0.346. The van der Waals surface area contributed by atoms with Crippen LogP contribution in [0.15, 0.2) is 42.5 Å². The molecule has 0 bridgehead atoms. The number of aryl methyl sites for hydroxylation is 2. The lowest BCUT2D eigenvalue weighted by molar-refractivity contribution is -0.117. The molecule has 134 valence electrons. The summed E-state index contributed by atoms with van der Waals surface area (Å²) in [7, 11) is 0. The van der Waals surface area contributed by atoms with Gasteiger partial charge in [0.2, 0.25) is 5.91 Å². The normalized spacial score (nSPS) is 10.5. The van der Waals surface area contributed by atoms with E-state index in [1.165, 1.54) is 11.1 Å². The fourth-order valence-electron chi connectivity index (χ4n) is 2.59. The second-order valence-electron chi connectivity index (χ2n) is 6.13. The number of nitrogens with two attached hydrogens (primary N) is 2. The number of carbonyl (C=O) groups excluding carboxylic acids is 1. The minimum absolute atomic E-state index is 0.217. The number of nitrogens with one attached hydrogen (secondary N) is 1. The molecule has 0 radical (unpaired) electrons. The minimum Gasteiger partial charge on any atom is -0.490 e. The molecule has 0 spiro atoms. The fourth-order valence-corrected chi connectivity index (χ4v) is 2.59. The van der Waals surface area contributed by atoms with Gasteiger partial charge in [0.05, 0.1) is 12.1 Å². The van der Waals surface area contributed by atoms with Crippen LogP contribution in [0.25, 0.3) is 0 Å². The van der Waals surface area contributed by atoms with E-state index >= 15 is 0 Å². The summed E-state index contributed by atoms with van der Waals surface area (Å²) in [6.07, 6.45) is 2.22. The highest BCUT2D eigenvalue weighted by molar-refractivity contribution is 5.77. The summed E-state index contributed by atoms with van der Waals surface area (Å²) in [5.74, 6) is 0.398. The molecular formula is C20H27N3O2. The average molecular weight is 341 g/mol. The predicted molar refractivity (Wildman–Crippen MR) is 102 cm³/mol. The maximum atomic E-state index is 11.1. The first-order chi connectivity index (χ1) is 12.1. The van der Waals surface area contributed by atoms with Gasteiger partial charge in [-0.05, 0) is 43.0 Å². The topological polar surface area (TPSA) is 90.4 Å². The van der Waals surface area contributed by atoms with Gasteiger partial charge < -0.3 is 21.5 Å². The van der Waals surface area contributed by atoms with Crippen LogP contribution < -0.4 is 21.5 Å². The third kappa shape index (κ3) is 6.47. The van der Waals surface area contributed by atoms with Crippen LogP contribution in [0.4, 0.5) is 5.69 Å². The number of amides is 1. The Morgan fingerprint density at radius 1 is 1.12 bits per heavy atom. The van der Waals surface area contributed by atoms with Crippen LogP contribution in [0.1, 0.15) is 23.1 Å². The van der Waals surface area contributed by atoms with E-state index < -0.39 is 0 Å². The van der Waals surface area contributed by atoms with Gasteiger partial charge in [-0.15, -0.1) is 0 Å². The van der Waals surface area contributed by atoms with Crippen molar-refractivity contribution in [3.63, 3.8) is 0 Å². The molecule has 0 aliphatic rings. The number of rotatable bonds is 10. The number of carbonyl (C=O) groups is 1. The molecule has 0 aliphatic heterocycles. The average Bonchev–Trinajstić information content (AvgIpc) is 2.59. The molecule has 0 fully saturated rings. The first kappa shape index (κ1) is 18.8. The Kier molecular flexibility index (Phi) is 7.29. The monoisotopic (exact) mass is 341 g/mol. The van der Waals surface area contributed by atoms with Crippen molar-refractivity contribution in [3.05, 3.63) is 59.2 Å². The van der Waals surface area contributed by atoms with Crippen molar-refractivity contribution >= 4 is 11.6 Å². The maximum Gasteiger partial charge on any atom is 0.221 e. The van der Waals surface area contributed by atoms with Crippen LogP contribution in [0.3, 0.4) is 0 Å². The molecule has 0 unspecified atom stereocenters. The summed E-state index contributed by atoms with van der Waals surface area (Å²) < 4.78 is 5.67. The van der Waals surface area contributed by atoms with E-state index in [9.17, 15) is 4.79 Å². The Morgan fingerprint density at radius 3 is 2.52 bits per heavy atom. The lowest BCUT2D eigenvalue weighted by Gasteiger charge is -2.14. The zero-order chi connectivity index (χ0) is 18.1. The summed E-state index contributed by atoms with van der Waals surface area (Å²) in [6.45, 7) is 3.81. The van der Waals surface area contributed by atoms with Gasteiger partial charge in [-0.1, -0.05) is 35.9 Å². The Hall–Kier alpha value is -2.53. The van der Waals surface area contributed by atoms with Gasteiger partial charge in [-0.25, -0.2) is 0 Å². The molecule has 5 N–H and O–H groups in total. The lowest BCUT2D eigenvalue weighted by atomic mass is 10.1. The van der Waals surface area contributed by atoms with Crippen LogP contribution in [-0.2, 0) is 17.6 Å². The number of hydrogen-bond acceptors (Lipinski definition) is 4. The molecule has 5 nitrogen and oxygen atoms in total. The number of ether oxygens (including phenoxy) is 1. The molecule has 0 heterocycles. The smallest absolute Gasteiger partial charge is 0.221 e. The van der Waals surface area contributed by atoms with Crippen LogP contribution in [0.2, 0.25) is 0 Å². The van der Waals surface area contributed by atoms with Crippen LogP contribution >= 0.6 is 0 Å². The van der Waals surface area contributed by atoms with E-state index in [0.717, 1.165) is 36.4 Å². The van der Waals surface area contributed by atoms with E-state index in [2.05, 4.69) is 36.5 Å². The van der Waals surface area contributed by atoms with Crippen molar-refractivity contribution in [3.8, 4) is 5.75 Å². The van der Waals surface area contributed by atoms with E-state index in [4.69, 9.17) is 16.2 Å². The van der Waals surface area contributed by atoms with Crippen LogP contribution in [0, 0.1) is 6.92 Å². The predicted octanol–water partition coefficient (Wildman–Crippen LogP) is 2.41. The zero-order valence-corrected chi connectivity index (χ0v) is 14.8. The summed E-state index contributed by atoms with van der Waals surface area (Å²) in [5.41, 5.74) is 15.1. The summed E-state index contributed by atoms with van der Waals surface area (Å²) in [6, 6.07) is 14.2. The maximum absolute atomic E-state index is 11.1. The number of hydrogen-bond donors (Lipinski definition) is 3. The van der Waals surface area contributed by atoms with Gasteiger partial charge in [0.1, 0.15) is 12.4 Å². The van der Waals surface area contributed by atoms with Gasteiger partial charge in [-0.3, -0.25) is 4.79 Å². The van der Waals surface area contributed by atoms with E-state index in [1.54, 1.807) is 0 Å². The van der Waals surface area contributed by atoms with Crippen LogP contribution in [0.5, 0.6) is 5.75 Å².